The molecule has 0 radical (unpaired) electrons. The van der Waals surface area contributed by atoms with Gasteiger partial charge in [-0.25, -0.2) is 9.97 Å². The van der Waals surface area contributed by atoms with E-state index in [-0.39, 0.29) is 12.4 Å². The van der Waals surface area contributed by atoms with Crippen LogP contribution in [-0.2, 0) is 0 Å². The van der Waals surface area contributed by atoms with Crippen LogP contribution in [-0.4, -0.2) is 29.1 Å². The highest BCUT2D eigenvalue weighted by molar-refractivity contribution is 5.85. The number of halogens is 1. The summed E-state index contributed by atoms with van der Waals surface area (Å²) in [7, 11) is 0. The summed E-state index contributed by atoms with van der Waals surface area (Å²) in [4.78, 5) is 10.2. The monoisotopic (exact) mass is 200 g/mol. The second-order valence-corrected chi connectivity index (χ2v) is 3.06. The molecular formula is C8H13ClN4. The molecule has 0 bridgehead atoms. The molecule has 4 nitrogen and oxygen atoms in total. The molecule has 1 atom stereocenters. The van der Waals surface area contributed by atoms with Crippen molar-refractivity contribution >= 4 is 18.2 Å². The summed E-state index contributed by atoms with van der Waals surface area (Å²) in [5, 5.41) is 0. The number of aromatic nitrogens is 2. The third-order valence-corrected chi connectivity index (χ3v) is 2.12. The first kappa shape index (κ1) is 10.2. The molecule has 1 fully saturated rings. The highest BCUT2D eigenvalue weighted by Crippen LogP contribution is 2.14. The van der Waals surface area contributed by atoms with Crippen LogP contribution >= 0.6 is 12.4 Å². The minimum atomic E-state index is 0. The average Bonchev–Trinajstić information content (AvgIpc) is 2.54. The first-order valence-electron chi connectivity index (χ1n) is 4.13. The Morgan fingerprint density at radius 1 is 1.54 bits per heavy atom. The SMILES string of the molecule is Cl.N[C@@H]1CCN(c2ccncn2)C1. The van der Waals surface area contributed by atoms with Gasteiger partial charge in [0.05, 0.1) is 0 Å². The van der Waals surface area contributed by atoms with Crippen molar-refractivity contribution in [2.75, 3.05) is 18.0 Å². The van der Waals surface area contributed by atoms with Crippen LogP contribution in [0, 0.1) is 0 Å². The largest absolute Gasteiger partial charge is 0.355 e. The molecule has 1 aliphatic rings. The lowest BCUT2D eigenvalue weighted by Gasteiger charge is -2.15. The van der Waals surface area contributed by atoms with Crippen molar-refractivity contribution in [2.24, 2.45) is 5.73 Å². The van der Waals surface area contributed by atoms with Gasteiger partial charge in [0.2, 0.25) is 0 Å². The van der Waals surface area contributed by atoms with Gasteiger partial charge in [0.15, 0.2) is 0 Å². The fraction of sp³-hybridized carbons (Fsp3) is 0.500. The highest BCUT2D eigenvalue weighted by Gasteiger charge is 2.19. The Labute approximate surface area is 83.6 Å². The fourth-order valence-electron chi connectivity index (χ4n) is 1.47. The number of hydrogen-bond acceptors (Lipinski definition) is 4. The standard InChI is InChI=1S/C8H12N4.ClH/c9-7-2-4-12(5-7)8-1-3-10-6-11-8;/h1,3,6-7H,2,4-5,9H2;1H/t7-;/m1./s1. The van der Waals surface area contributed by atoms with Crippen LogP contribution in [0.2, 0.25) is 0 Å². The summed E-state index contributed by atoms with van der Waals surface area (Å²) < 4.78 is 0. The Balaban J connectivity index is 0.000000845. The van der Waals surface area contributed by atoms with Gasteiger partial charge in [0, 0.05) is 25.3 Å². The van der Waals surface area contributed by atoms with E-state index in [1.807, 2.05) is 6.07 Å². The predicted molar refractivity (Wildman–Crippen MR) is 54.1 cm³/mol. The highest BCUT2D eigenvalue weighted by atomic mass is 35.5. The van der Waals surface area contributed by atoms with Crippen LogP contribution in [0.3, 0.4) is 0 Å². The summed E-state index contributed by atoms with van der Waals surface area (Å²) in [5.74, 6) is 0.984. The Morgan fingerprint density at radius 2 is 2.38 bits per heavy atom. The van der Waals surface area contributed by atoms with E-state index in [0.29, 0.717) is 6.04 Å². The summed E-state index contributed by atoms with van der Waals surface area (Å²) in [6.45, 7) is 1.93. The topological polar surface area (TPSA) is 55.0 Å². The molecule has 1 aromatic heterocycles. The molecule has 13 heavy (non-hydrogen) atoms. The van der Waals surface area contributed by atoms with E-state index >= 15 is 0 Å². The van der Waals surface area contributed by atoms with Gasteiger partial charge in [0.1, 0.15) is 12.1 Å². The van der Waals surface area contributed by atoms with Gasteiger partial charge in [-0.1, -0.05) is 0 Å². The Bertz CT molecular complexity index is 254. The molecule has 0 aromatic carbocycles. The van der Waals surface area contributed by atoms with Crippen molar-refractivity contribution in [3.05, 3.63) is 18.6 Å². The molecule has 1 aliphatic heterocycles. The Morgan fingerprint density at radius 3 is 2.92 bits per heavy atom. The molecule has 5 heteroatoms. The maximum atomic E-state index is 5.78. The van der Waals surface area contributed by atoms with Gasteiger partial charge >= 0.3 is 0 Å². The van der Waals surface area contributed by atoms with Crippen LogP contribution in [0.25, 0.3) is 0 Å². The van der Waals surface area contributed by atoms with E-state index in [0.717, 1.165) is 25.3 Å². The molecule has 1 saturated heterocycles. The molecule has 1 aromatic rings. The van der Waals surface area contributed by atoms with E-state index < -0.39 is 0 Å². The van der Waals surface area contributed by atoms with Crippen molar-refractivity contribution in [3.8, 4) is 0 Å². The lowest BCUT2D eigenvalue weighted by atomic mass is 10.3. The Hall–Kier alpha value is -0.870. The van der Waals surface area contributed by atoms with Crippen molar-refractivity contribution in [3.63, 3.8) is 0 Å². The summed E-state index contributed by atoms with van der Waals surface area (Å²) in [5.41, 5.74) is 5.78. The van der Waals surface area contributed by atoms with Crippen molar-refractivity contribution in [1.82, 2.24) is 9.97 Å². The first-order valence-corrected chi connectivity index (χ1v) is 4.13. The van der Waals surface area contributed by atoms with E-state index in [4.69, 9.17) is 5.73 Å². The number of hydrogen-bond donors (Lipinski definition) is 1. The third kappa shape index (κ3) is 2.29. The molecule has 0 aliphatic carbocycles. The molecule has 0 spiro atoms. The predicted octanol–water partition coefficient (Wildman–Crippen LogP) is 0.436. The second kappa shape index (κ2) is 4.39. The van der Waals surface area contributed by atoms with E-state index in [1.165, 1.54) is 0 Å². The van der Waals surface area contributed by atoms with Gasteiger partial charge in [-0.3, -0.25) is 0 Å². The lowest BCUT2D eigenvalue weighted by Crippen LogP contribution is -2.26. The van der Waals surface area contributed by atoms with E-state index in [2.05, 4.69) is 14.9 Å². The molecule has 72 valence electrons. The molecule has 0 saturated carbocycles. The summed E-state index contributed by atoms with van der Waals surface area (Å²) >= 11 is 0. The van der Waals surface area contributed by atoms with Gasteiger partial charge in [-0.05, 0) is 12.5 Å². The van der Waals surface area contributed by atoms with Crippen LogP contribution in [0.4, 0.5) is 5.82 Å². The van der Waals surface area contributed by atoms with Gasteiger partial charge < -0.3 is 10.6 Å². The van der Waals surface area contributed by atoms with Crippen LogP contribution < -0.4 is 10.6 Å². The minimum absolute atomic E-state index is 0. The quantitative estimate of drug-likeness (QED) is 0.715. The normalized spacial score (nSPS) is 21.3. The summed E-state index contributed by atoms with van der Waals surface area (Å²) in [6, 6.07) is 2.22. The molecule has 2 heterocycles. The third-order valence-electron chi connectivity index (χ3n) is 2.12. The van der Waals surface area contributed by atoms with Crippen molar-refractivity contribution in [2.45, 2.75) is 12.5 Å². The van der Waals surface area contributed by atoms with E-state index in [1.54, 1.807) is 12.5 Å². The number of nitrogens with zero attached hydrogens (tertiary/aromatic N) is 3. The number of nitrogens with two attached hydrogens (primary N) is 1. The number of rotatable bonds is 1. The average molecular weight is 201 g/mol. The summed E-state index contributed by atoms with van der Waals surface area (Å²) in [6.07, 6.45) is 4.38. The molecular weight excluding hydrogens is 188 g/mol. The second-order valence-electron chi connectivity index (χ2n) is 3.06. The molecule has 2 rings (SSSR count). The molecule has 0 amide bonds. The van der Waals surface area contributed by atoms with Crippen LogP contribution in [0.1, 0.15) is 6.42 Å². The van der Waals surface area contributed by atoms with Crippen LogP contribution in [0.5, 0.6) is 0 Å². The fourth-order valence-corrected chi connectivity index (χ4v) is 1.47. The molecule has 2 N–H and O–H groups in total. The zero-order valence-electron chi connectivity index (χ0n) is 7.26. The van der Waals surface area contributed by atoms with Crippen LogP contribution in [0.15, 0.2) is 18.6 Å². The Kier molecular flexibility index (Phi) is 3.45. The van der Waals surface area contributed by atoms with E-state index in [9.17, 15) is 0 Å². The number of anilines is 1. The van der Waals surface area contributed by atoms with Crippen molar-refractivity contribution in [1.29, 1.82) is 0 Å². The van der Waals surface area contributed by atoms with Gasteiger partial charge in [-0.2, -0.15) is 0 Å². The smallest absolute Gasteiger partial charge is 0.131 e. The van der Waals surface area contributed by atoms with Gasteiger partial charge in [0.25, 0.3) is 0 Å². The minimum Gasteiger partial charge on any atom is -0.355 e. The first-order chi connectivity index (χ1) is 5.86. The zero-order valence-corrected chi connectivity index (χ0v) is 8.07. The molecule has 0 unspecified atom stereocenters. The maximum absolute atomic E-state index is 5.78. The van der Waals surface area contributed by atoms with Crippen molar-refractivity contribution < 1.29 is 0 Å². The zero-order chi connectivity index (χ0) is 8.39. The maximum Gasteiger partial charge on any atom is 0.131 e. The van der Waals surface area contributed by atoms with Gasteiger partial charge in [-0.15, -0.1) is 12.4 Å². The lowest BCUT2D eigenvalue weighted by molar-refractivity contribution is 0.751.